The molecule has 0 radical (unpaired) electrons. The smallest absolute Gasteiger partial charge is 0.215 e. The first kappa shape index (κ1) is 37.5. The van der Waals surface area contributed by atoms with Gasteiger partial charge in [-0.3, -0.25) is 0 Å². The summed E-state index contributed by atoms with van der Waals surface area (Å²) in [6.07, 6.45) is 25.0. The van der Waals surface area contributed by atoms with Crippen molar-refractivity contribution in [2.75, 3.05) is 0 Å². The molecule has 0 fully saturated rings. The highest BCUT2D eigenvalue weighted by Gasteiger charge is 2.46. The largest absolute Gasteiger partial charge is 0.348 e. The van der Waals surface area contributed by atoms with Crippen molar-refractivity contribution in [2.24, 2.45) is 0 Å². The van der Waals surface area contributed by atoms with E-state index in [9.17, 15) is 0 Å². The molecule has 0 aliphatic rings. The van der Waals surface area contributed by atoms with Gasteiger partial charge in [-0.1, -0.05) is 227 Å². The molecule has 0 saturated carbocycles. The van der Waals surface area contributed by atoms with E-state index in [4.69, 9.17) is 4.65 Å². The predicted molar refractivity (Wildman–Crippen MR) is 207 cm³/mol. The Bertz CT molecular complexity index is 964. The molecule has 0 aliphatic carbocycles. The number of nitrogens with one attached hydrogen (secondary N) is 1. The molecule has 1 nitrogen and oxygen atoms in total. The SMILES string of the molecule is CCCCCCCC[Si](CCCCCCCC)(CCCCCCCC)N[Si](c1ccccc1)(c1ccccc1)c1ccccc1. The molecule has 3 heteroatoms. The van der Waals surface area contributed by atoms with Crippen molar-refractivity contribution >= 4 is 32.0 Å². The van der Waals surface area contributed by atoms with Crippen LogP contribution in [0.3, 0.4) is 0 Å². The van der Waals surface area contributed by atoms with E-state index < -0.39 is 16.5 Å². The summed E-state index contributed by atoms with van der Waals surface area (Å²) in [5.74, 6) is 0. The van der Waals surface area contributed by atoms with Gasteiger partial charge >= 0.3 is 0 Å². The van der Waals surface area contributed by atoms with Crippen LogP contribution in [0, 0.1) is 0 Å². The molecule has 0 bridgehead atoms. The molecule has 0 spiro atoms. The van der Waals surface area contributed by atoms with Crippen molar-refractivity contribution in [1.82, 2.24) is 4.65 Å². The fourth-order valence-electron chi connectivity index (χ4n) is 7.47. The van der Waals surface area contributed by atoms with Gasteiger partial charge in [-0.2, -0.15) is 0 Å². The van der Waals surface area contributed by atoms with Crippen LogP contribution in [0.4, 0.5) is 0 Å². The number of hydrogen-bond acceptors (Lipinski definition) is 1. The minimum absolute atomic E-state index is 1.33. The van der Waals surface area contributed by atoms with Gasteiger partial charge in [0.2, 0.25) is 8.24 Å². The number of unbranched alkanes of at least 4 members (excludes halogenated alkanes) is 15. The fourth-order valence-corrected chi connectivity index (χ4v) is 20.5. The zero-order chi connectivity index (χ0) is 31.9. The maximum Gasteiger partial charge on any atom is 0.215 e. The van der Waals surface area contributed by atoms with Crippen LogP contribution in [-0.4, -0.2) is 16.5 Å². The summed E-state index contributed by atoms with van der Waals surface area (Å²) in [6.45, 7) is 7.01. The Morgan fingerprint density at radius 1 is 0.356 bits per heavy atom. The van der Waals surface area contributed by atoms with Crippen molar-refractivity contribution in [3.8, 4) is 0 Å². The van der Waals surface area contributed by atoms with Crippen molar-refractivity contribution in [3.05, 3.63) is 91.0 Å². The summed E-state index contributed by atoms with van der Waals surface area (Å²) in [7, 11) is -4.36. The maximum absolute atomic E-state index is 4.91. The molecule has 0 saturated heterocycles. The minimum atomic E-state index is -2.49. The van der Waals surface area contributed by atoms with Gasteiger partial charge in [0, 0.05) is 0 Å². The molecular weight excluding hydrogens is 575 g/mol. The lowest BCUT2D eigenvalue weighted by Gasteiger charge is -2.45. The van der Waals surface area contributed by atoms with Crippen LogP contribution in [-0.2, 0) is 0 Å². The van der Waals surface area contributed by atoms with E-state index in [-0.39, 0.29) is 0 Å². The average Bonchev–Trinajstić information content (AvgIpc) is 3.09. The summed E-state index contributed by atoms with van der Waals surface area (Å²) in [6, 6.07) is 39.2. The Labute approximate surface area is 281 Å². The van der Waals surface area contributed by atoms with Gasteiger partial charge in [0.15, 0.2) is 0 Å². The topological polar surface area (TPSA) is 12.0 Å². The third-order valence-corrected chi connectivity index (χ3v) is 21.3. The van der Waals surface area contributed by atoms with E-state index >= 15 is 0 Å². The van der Waals surface area contributed by atoms with E-state index in [1.54, 1.807) is 0 Å². The standard InChI is InChI=1S/C42H67NSi2/c1-4-7-10-13-16-28-37-44(38-29-17-14-11-8-5-2,39-30-18-15-12-9-6-3)43-45(40-31-22-19-23-32-40,41-33-24-20-25-34-41)42-35-26-21-27-36-42/h19-27,31-36,43H,4-18,28-30,37-39H2,1-3H3. The first-order valence-electron chi connectivity index (χ1n) is 19.2. The zero-order valence-corrected chi connectivity index (χ0v) is 31.5. The average molecular weight is 642 g/mol. The second-order valence-corrected chi connectivity index (χ2v) is 22.1. The molecule has 0 atom stereocenters. The molecule has 0 aliphatic heterocycles. The molecule has 1 N–H and O–H groups in total. The first-order valence-corrected chi connectivity index (χ1v) is 23.8. The fraction of sp³-hybridized carbons (Fsp3) is 0.571. The molecular formula is C42H67NSi2. The highest BCUT2D eigenvalue weighted by atomic mass is 28.4. The molecule has 0 heterocycles. The van der Waals surface area contributed by atoms with Crippen LogP contribution in [0.5, 0.6) is 0 Å². The maximum atomic E-state index is 4.91. The Hall–Kier alpha value is -1.95. The van der Waals surface area contributed by atoms with Crippen LogP contribution in [0.2, 0.25) is 18.1 Å². The van der Waals surface area contributed by atoms with Gasteiger partial charge in [-0.15, -0.1) is 0 Å². The second kappa shape index (κ2) is 22.6. The normalized spacial score (nSPS) is 12.1. The highest BCUT2D eigenvalue weighted by Crippen LogP contribution is 2.30. The van der Waals surface area contributed by atoms with E-state index in [1.807, 2.05) is 0 Å². The van der Waals surface area contributed by atoms with Gasteiger partial charge in [0.05, 0.1) is 0 Å². The lowest BCUT2D eigenvalue weighted by Crippen LogP contribution is -2.81. The van der Waals surface area contributed by atoms with Crippen molar-refractivity contribution in [1.29, 1.82) is 0 Å². The lowest BCUT2D eigenvalue weighted by molar-refractivity contribution is 0.604. The van der Waals surface area contributed by atoms with Gasteiger partial charge in [-0.05, 0) is 33.7 Å². The first-order chi connectivity index (χ1) is 22.2. The van der Waals surface area contributed by atoms with Crippen molar-refractivity contribution < 1.29 is 0 Å². The van der Waals surface area contributed by atoms with Crippen LogP contribution in [0.1, 0.15) is 136 Å². The Kier molecular flexibility index (Phi) is 18.8. The quantitative estimate of drug-likeness (QED) is 0.0522. The van der Waals surface area contributed by atoms with Crippen LogP contribution >= 0.6 is 0 Å². The summed E-state index contributed by atoms with van der Waals surface area (Å²) < 4.78 is 4.91. The van der Waals surface area contributed by atoms with Crippen molar-refractivity contribution in [2.45, 2.75) is 154 Å². The summed E-state index contributed by atoms with van der Waals surface area (Å²) in [5, 5.41) is 4.56. The second-order valence-electron chi connectivity index (χ2n) is 13.8. The molecule has 3 rings (SSSR count). The predicted octanol–water partition coefficient (Wildman–Crippen LogP) is 11.3. The number of hydrogen-bond donors (Lipinski definition) is 1. The monoisotopic (exact) mass is 641 g/mol. The Balaban J connectivity index is 2.05. The zero-order valence-electron chi connectivity index (χ0n) is 29.5. The van der Waals surface area contributed by atoms with Crippen LogP contribution in [0.15, 0.2) is 91.0 Å². The number of benzene rings is 3. The van der Waals surface area contributed by atoms with Crippen LogP contribution in [0.25, 0.3) is 0 Å². The molecule has 45 heavy (non-hydrogen) atoms. The molecule has 3 aromatic carbocycles. The van der Waals surface area contributed by atoms with Gasteiger partial charge < -0.3 is 4.65 Å². The highest BCUT2D eigenvalue weighted by molar-refractivity contribution is 7.15. The molecule has 0 unspecified atom stereocenters. The van der Waals surface area contributed by atoms with E-state index in [0.717, 1.165) is 0 Å². The molecule has 0 aromatic heterocycles. The van der Waals surface area contributed by atoms with E-state index in [0.29, 0.717) is 0 Å². The molecule has 248 valence electrons. The third kappa shape index (κ3) is 12.6. The Morgan fingerprint density at radius 2 is 0.622 bits per heavy atom. The van der Waals surface area contributed by atoms with Gasteiger partial charge in [-0.25, -0.2) is 0 Å². The summed E-state index contributed by atoms with van der Waals surface area (Å²) >= 11 is 0. The van der Waals surface area contributed by atoms with E-state index in [1.165, 1.54) is 149 Å². The Morgan fingerprint density at radius 3 is 0.911 bits per heavy atom. The van der Waals surface area contributed by atoms with Gasteiger partial charge in [0.1, 0.15) is 8.24 Å². The van der Waals surface area contributed by atoms with Gasteiger partial charge in [0.25, 0.3) is 0 Å². The van der Waals surface area contributed by atoms with Crippen molar-refractivity contribution in [3.63, 3.8) is 0 Å². The lowest BCUT2D eigenvalue weighted by atomic mass is 10.1. The van der Waals surface area contributed by atoms with E-state index in [2.05, 4.69) is 112 Å². The molecule has 0 amide bonds. The number of rotatable bonds is 26. The summed E-state index contributed by atoms with van der Waals surface area (Å²) in [4.78, 5) is 0. The van der Waals surface area contributed by atoms with Crippen LogP contribution < -0.4 is 20.2 Å². The third-order valence-electron chi connectivity index (χ3n) is 10.1. The summed E-state index contributed by atoms with van der Waals surface area (Å²) in [5.41, 5.74) is 0. The molecule has 3 aromatic rings. The minimum Gasteiger partial charge on any atom is -0.348 e.